The van der Waals surface area contributed by atoms with Gasteiger partial charge in [0.25, 0.3) is 0 Å². The fourth-order valence-electron chi connectivity index (χ4n) is 1.82. The van der Waals surface area contributed by atoms with Gasteiger partial charge in [0.2, 0.25) is 0 Å². The molecule has 20 heavy (non-hydrogen) atoms. The normalized spacial score (nSPS) is 10.7. The molecule has 1 rings (SSSR count). The Morgan fingerprint density at radius 2 is 2.05 bits per heavy atom. The summed E-state index contributed by atoms with van der Waals surface area (Å²) in [5.74, 6) is -1.51. The minimum atomic E-state index is -3.12. The standard InChI is InChI=1S/C13H16F3N3O/c1-8(2)19(5-3-4-17)11-7-12(20-13(15)16)9(14)6-10(11)18/h6-8,13H,3,5,18H2,1-2H3. The molecule has 110 valence electrons. The highest BCUT2D eigenvalue weighted by molar-refractivity contribution is 5.70. The van der Waals surface area contributed by atoms with E-state index in [1.807, 2.05) is 19.9 Å². The number of hydrogen-bond acceptors (Lipinski definition) is 4. The molecule has 0 aromatic heterocycles. The zero-order valence-electron chi connectivity index (χ0n) is 11.2. The molecule has 4 nitrogen and oxygen atoms in total. The Kier molecular flexibility index (Phi) is 5.50. The molecule has 0 atom stereocenters. The second kappa shape index (κ2) is 6.89. The number of halogens is 3. The second-order valence-electron chi connectivity index (χ2n) is 4.42. The Balaban J connectivity index is 3.17. The fourth-order valence-corrected chi connectivity index (χ4v) is 1.82. The number of nitrogens with zero attached hydrogens (tertiary/aromatic N) is 2. The van der Waals surface area contributed by atoms with E-state index in [1.54, 1.807) is 4.90 Å². The Morgan fingerprint density at radius 1 is 1.40 bits per heavy atom. The summed E-state index contributed by atoms with van der Waals surface area (Å²) in [6.45, 7) is 0.951. The van der Waals surface area contributed by atoms with Crippen LogP contribution in [0.3, 0.4) is 0 Å². The van der Waals surface area contributed by atoms with Crippen LogP contribution in [0.2, 0.25) is 0 Å². The lowest BCUT2D eigenvalue weighted by atomic mass is 10.2. The molecular weight excluding hydrogens is 271 g/mol. The van der Waals surface area contributed by atoms with Gasteiger partial charge in [-0.25, -0.2) is 4.39 Å². The van der Waals surface area contributed by atoms with Crippen LogP contribution in [0.25, 0.3) is 0 Å². The third-order valence-electron chi connectivity index (χ3n) is 2.69. The van der Waals surface area contributed by atoms with Gasteiger partial charge in [0.1, 0.15) is 0 Å². The Bertz CT molecular complexity index is 500. The molecule has 0 aliphatic carbocycles. The van der Waals surface area contributed by atoms with Crippen molar-refractivity contribution in [2.75, 3.05) is 17.2 Å². The van der Waals surface area contributed by atoms with Crippen molar-refractivity contribution in [1.82, 2.24) is 0 Å². The monoisotopic (exact) mass is 287 g/mol. The third kappa shape index (κ3) is 3.95. The molecule has 0 radical (unpaired) electrons. The van der Waals surface area contributed by atoms with Crippen LogP contribution < -0.4 is 15.4 Å². The first-order valence-electron chi connectivity index (χ1n) is 6.04. The molecular formula is C13H16F3N3O. The second-order valence-corrected chi connectivity index (χ2v) is 4.42. The summed E-state index contributed by atoms with van der Waals surface area (Å²) in [7, 11) is 0. The number of ether oxygens (including phenoxy) is 1. The quantitative estimate of drug-likeness (QED) is 0.816. The van der Waals surface area contributed by atoms with Crippen molar-refractivity contribution in [3.05, 3.63) is 17.9 Å². The molecule has 0 saturated carbocycles. The molecule has 2 N–H and O–H groups in total. The molecule has 0 aliphatic rings. The van der Waals surface area contributed by atoms with Gasteiger partial charge in [-0.1, -0.05) is 0 Å². The molecule has 0 fully saturated rings. The largest absolute Gasteiger partial charge is 0.432 e. The lowest BCUT2D eigenvalue weighted by Crippen LogP contribution is -2.32. The Hall–Kier alpha value is -2.10. The van der Waals surface area contributed by atoms with Gasteiger partial charge >= 0.3 is 6.61 Å². The fraction of sp³-hybridized carbons (Fsp3) is 0.462. The van der Waals surface area contributed by atoms with E-state index in [2.05, 4.69) is 4.74 Å². The van der Waals surface area contributed by atoms with Crippen LogP contribution in [0.15, 0.2) is 12.1 Å². The SMILES string of the molecule is CC(C)N(CCC#N)c1cc(OC(F)F)c(F)cc1N. The van der Waals surface area contributed by atoms with Crippen LogP contribution in [0.1, 0.15) is 20.3 Å². The lowest BCUT2D eigenvalue weighted by Gasteiger charge is -2.29. The van der Waals surface area contributed by atoms with E-state index in [-0.39, 0.29) is 18.2 Å². The van der Waals surface area contributed by atoms with Crippen molar-refractivity contribution in [2.24, 2.45) is 0 Å². The predicted molar refractivity (Wildman–Crippen MR) is 70.2 cm³/mol. The Morgan fingerprint density at radius 3 is 2.55 bits per heavy atom. The number of alkyl halides is 2. The lowest BCUT2D eigenvalue weighted by molar-refractivity contribution is -0.0521. The van der Waals surface area contributed by atoms with Gasteiger partial charge in [-0.05, 0) is 13.8 Å². The summed E-state index contributed by atoms with van der Waals surface area (Å²) >= 11 is 0. The molecule has 1 aromatic carbocycles. The van der Waals surface area contributed by atoms with Crippen LogP contribution >= 0.6 is 0 Å². The maximum atomic E-state index is 13.5. The number of nitrogen functional groups attached to an aromatic ring is 1. The summed E-state index contributed by atoms with van der Waals surface area (Å²) in [5.41, 5.74) is 6.20. The summed E-state index contributed by atoms with van der Waals surface area (Å²) in [5, 5.41) is 8.64. The first-order valence-corrected chi connectivity index (χ1v) is 6.04. The zero-order valence-corrected chi connectivity index (χ0v) is 11.2. The molecule has 0 bridgehead atoms. The van der Waals surface area contributed by atoms with Crippen molar-refractivity contribution in [1.29, 1.82) is 5.26 Å². The van der Waals surface area contributed by atoms with Gasteiger partial charge in [0.05, 0.1) is 23.9 Å². The van der Waals surface area contributed by atoms with E-state index < -0.39 is 18.2 Å². The number of nitrogens with two attached hydrogens (primary N) is 1. The van der Waals surface area contributed by atoms with Crippen molar-refractivity contribution in [3.8, 4) is 11.8 Å². The molecule has 0 amide bonds. The molecule has 0 unspecified atom stereocenters. The van der Waals surface area contributed by atoms with Crippen LogP contribution in [0.5, 0.6) is 5.75 Å². The maximum Gasteiger partial charge on any atom is 0.387 e. The van der Waals surface area contributed by atoms with Gasteiger partial charge in [0, 0.05) is 24.7 Å². The van der Waals surface area contributed by atoms with Crippen molar-refractivity contribution < 1.29 is 17.9 Å². The first kappa shape index (κ1) is 16.0. The number of nitriles is 1. The smallest absolute Gasteiger partial charge is 0.387 e. The van der Waals surface area contributed by atoms with Crippen LogP contribution in [0.4, 0.5) is 24.5 Å². The highest BCUT2D eigenvalue weighted by atomic mass is 19.3. The number of hydrogen-bond donors (Lipinski definition) is 1. The Labute approximate surface area is 115 Å². The van der Waals surface area contributed by atoms with E-state index in [0.29, 0.717) is 12.2 Å². The summed E-state index contributed by atoms with van der Waals surface area (Å²) in [4.78, 5) is 1.73. The van der Waals surface area contributed by atoms with Crippen molar-refractivity contribution in [3.63, 3.8) is 0 Å². The third-order valence-corrected chi connectivity index (χ3v) is 2.69. The summed E-state index contributed by atoms with van der Waals surface area (Å²) in [6.07, 6.45) is 0.236. The van der Waals surface area contributed by atoms with Gasteiger partial charge < -0.3 is 15.4 Å². The molecule has 0 spiro atoms. The van der Waals surface area contributed by atoms with E-state index in [4.69, 9.17) is 11.0 Å². The molecule has 0 aliphatic heterocycles. The highest BCUT2D eigenvalue weighted by Gasteiger charge is 2.18. The molecule has 0 heterocycles. The summed E-state index contributed by atoms with van der Waals surface area (Å²) in [6, 6.07) is 4.03. The highest BCUT2D eigenvalue weighted by Crippen LogP contribution is 2.33. The van der Waals surface area contributed by atoms with Gasteiger partial charge in [-0.2, -0.15) is 14.0 Å². The number of benzene rings is 1. The van der Waals surface area contributed by atoms with E-state index >= 15 is 0 Å². The topological polar surface area (TPSA) is 62.3 Å². The van der Waals surface area contributed by atoms with E-state index in [0.717, 1.165) is 12.1 Å². The van der Waals surface area contributed by atoms with E-state index in [9.17, 15) is 13.2 Å². The van der Waals surface area contributed by atoms with Crippen LogP contribution in [0, 0.1) is 17.1 Å². The van der Waals surface area contributed by atoms with Crippen molar-refractivity contribution in [2.45, 2.75) is 32.9 Å². The minimum Gasteiger partial charge on any atom is -0.432 e. The number of rotatable bonds is 6. The van der Waals surface area contributed by atoms with Crippen LogP contribution in [-0.4, -0.2) is 19.2 Å². The predicted octanol–water partition coefficient (Wildman–Crippen LogP) is 3.14. The van der Waals surface area contributed by atoms with Crippen LogP contribution in [-0.2, 0) is 0 Å². The summed E-state index contributed by atoms with van der Waals surface area (Å²) < 4.78 is 42.1. The van der Waals surface area contributed by atoms with Gasteiger partial charge in [-0.3, -0.25) is 0 Å². The van der Waals surface area contributed by atoms with E-state index in [1.165, 1.54) is 0 Å². The average molecular weight is 287 g/mol. The van der Waals surface area contributed by atoms with Gasteiger partial charge in [0.15, 0.2) is 11.6 Å². The minimum absolute atomic E-state index is 0.0319. The number of anilines is 2. The zero-order chi connectivity index (χ0) is 15.3. The molecule has 1 aromatic rings. The molecule has 0 saturated heterocycles. The first-order chi connectivity index (χ1) is 9.36. The molecule has 7 heteroatoms. The maximum absolute atomic E-state index is 13.5. The average Bonchev–Trinajstić information content (AvgIpc) is 2.33. The van der Waals surface area contributed by atoms with Gasteiger partial charge in [-0.15, -0.1) is 0 Å². The van der Waals surface area contributed by atoms with Crippen molar-refractivity contribution >= 4 is 11.4 Å².